The van der Waals surface area contributed by atoms with Gasteiger partial charge in [0.25, 0.3) is 0 Å². The molecule has 0 saturated heterocycles. The number of rotatable bonds is 9. The highest BCUT2D eigenvalue weighted by molar-refractivity contribution is 5.98. The van der Waals surface area contributed by atoms with Crippen LogP contribution in [0.1, 0.15) is 64.5 Å². The summed E-state index contributed by atoms with van der Waals surface area (Å²) in [6, 6.07) is 56.2. The predicted octanol–water partition coefficient (Wildman–Crippen LogP) is 15.0. The van der Waals surface area contributed by atoms with Gasteiger partial charge in [-0.15, -0.1) is 0 Å². The Morgan fingerprint density at radius 2 is 1.15 bits per heavy atom. The third kappa shape index (κ3) is 7.20. The van der Waals surface area contributed by atoms with Crippen molar-refractivity contribution in [3.63, 3.8) is 0 Å². The molecule has 0 saturated carbocycles. The molecule has 0 bridgehead atoms. The third-order valence-corrected chi connectivity index (χ3v) is 11.4. The van der Waals surface area contributed by atoms with Crippen molar-refractivity contribution in [1.82, 2.24) is 14.5 Å². The molecule has 4 heteroatoms. The average molecular weight is 782 g/mol. The fourth-order valence-electron chi connectivity index (χ4n) is 8.51. The summed E-state index contributed by atoms with van der Waals surface area (Å²) in [5, 5.41) is 11.7. The van der Waals surface area contributed by atoms with Crippen molar-refractivity contribution < 1.29 is 7.85 Å². The van der Waals surface area contributed by atoms with Crippen molar-refractivity contribution in [1.29, 1.82) is 0 Å². The van der Waals surface area contributed by atoms with E-state index in [-0.39, 0.29) is 5.75 Å². The molecule has 0 amide bonds. The minimum absolute atomic E-state index is 0.192. The number of benzene rings is 7. The molecular formula is C56H49N3O. The molecule has 9 aromatic rings. The zero-order chi connectivity index (χ0) is 43.3. The van der Waals surface area contributed by atoms with Gasteiger partial charge in [-0.05, 0) is 141 Å². The molecule has 0 aliphatic carbocycles. The number of phenols is 1. The molecule has 2 heterocycles. The van der Waals surface area contributed by atoms with Gasteiger partial charge >= 0.3 is 0 Å². The SMILES string of the molecule is [2H]C(C)(C)c1cccc(C([2H])(C)C)c1-c1ccc(-n2c(-c3cc(C)cc(C)c3O)nc3c(-c4cc(-c5ccccc5)cc(-c5cc(-c6ccccc6)ccn5)c4)cccc32)cc1. The predicted molar refractivity (Wildman–Crippen MR) is 251 cm³/mol. The molecule has 0 unspecified atom stereocenters. The second kappa shape index (κ2) is 16.0. The van der Waals surface area contributed by atoms with E-state index in [0.29, 0.717) is 11.4 Å². The largest absolute Gasteiger partial charge is 0.507 e. The van der Waals surface area contributed by atoms with Gasteiger partial charge in [0.15, 0.2) is 0 Å². The maximum atomic E-state index is 11.7. The number of aromatic nitrogens is 3. The molecule has 294 valence electrons. The normalized spacial score (nSPS) is 12.4. The molecule has 0 aliphatic heterocycles. The third-order valence-electron chi connectivity index (χ3n) is 11.4. The van der Waals surface area contributed by atoms with Crippen LogP contribution in [-0.4, -0.2) is 19.6 Å². The van der Waals surface area contributed by atoms with E-state index in [9.17, 15) is 5.11 Å². The first-order valence-electron chi connectivity index (χ1n) is 21.5. The van der Waals surface area contributed by atoms with Gasteiger partial charge in [0.2, 0.25) is 0 Å². The van der Waals surface area contributed by atoms with Gasteiger partial charge in [-0.3, -0.25) is 9.55 Å². The van der Waals surface area contributed by atoms with E-state index in [2.05, 4.69) is 126 Å². The number of nitrogens with zero attached hydrogens (tertiary/aromatic N) is 3. The lowest BCUT2D eigenvalue weighted by atomic mass is 9.85. The molecule has 1 N–H and O–H groups in total. The van der Waals surface area contributed by atoms with Crippen LogP contribution in [0.25, 0.3) is 83.9 Å². The van der Waals surface area contributed by atoms with Crippen molar-refractivity contribution in [2.24, 2.45) is 0 Å². The summed E-state index contributed by atoms with van der Waals surface area (Å²) in [5.74, 6) is -0.935. The topological polar surface area (TPSA) is 50.9 Å². The van der Waals surface area contributed by atoms with Crippen LogP contribution >= 0.6 is 0 Å². The lowest BCUT2D eigenvalue weighted by molar-refractivity contribution is 0.472. The Labute approximate surface area is 356 Å². The first-order valence-corrected chi connectivity index (χ1v) is 20.5. The van der Waals surface area contributed by atoms with E-state index in [1.165, 1.54) is 0 Å². The Morgan fingerprint density at radius 3 is 1.82 bits per heavy atom. The summed E-state index contributed by atoms with van der Waals surface area (Å²) in [7, 11) is 0. The monoisotopic (exact) mass is 781 g/mol. The smallest absolute Gasteiger partial charge is 0.149 e. The molecule has 0 spiro atoms. The number of imidazole rings is 1. The minimum atomic E-state index is -0.877. The second-order valence-electron chi connectivity index (χ2n) is 16.2. The van der Waals surface area contributed by atoms with E-state index < -0.39 is 11.8 Å². The summed E-state index contributed by atoms with van der Waals surface area (Å²) >= 11 is 0. The van der Waals surface area contributed by atoms with Crippen molar-refractivity contribution >= 4 is 11.0 Å². The van der Waals surface area contributed by atoms with Gasteiger partial charge in [-0.2, -0.15) is 0 Å². The molecule has 4 nitrogen and oxygen atoms in total. The van der Waals surface area contributed by atoms with E-state index in [0.717, 1.165) is 94.7 Å². The van der Waals surface area contributed by atoms with Crippen LogP contribution in [0.4, 0.5) is 0 Å². The lowest BCUT2D eigenvalue weighted by Crippen LogP contribution is -2.01. The Bertz CT molecular complexity index is 3070. The summed E-state index contributed by atoms with van der Waals surface area (Å²) in [6.45, 7) is 11.6. The Balaban J connectivity index is 1.27. The zero-order valence-electron chi connectivity index (χ0n) is 37.0. The quantitative estimate of drug-likeness (QED) is 0.159. The van der Waals surface area contributed by atoms with Crippen molar-refractivity contribution in [3.05, 3.63) is 192 Å². The van der Waals surface area contributed by atoms with E-state index >= 15 is 0 Å². The van der Waals surface area contributed by atoms with Crippen LogP contribution < -0.4 is 0 Å². The fourth-order valence-corrected chi connectivity index (χ4v) is 8.51. The highest BCUT2D eigenvalue weighted by atomic mass is 16.3. The summed E-state index contributed by atoms with van der Waals surface area (Å²) in [5.41, 5.74) is 16.8. The Kier molecular flexibility index (Phi) is 9.59. The number of aryl methyl sites for hydroxylation is 2. The van der Waals surface area contributed by atoms with Crippen LogP contribution in [0.2, 0.25) is 0 Å². The minimum Gasteiger partial charge on any atom is -0.507 e. The molecular weight excluding hydrogens is 731 g/mol. The van der Waals surface area contributed by atoms with Gasteiger partial charge < -0.3 is 5.11 Å². The first-order chi connectivity index (χ1) is 29.7. The maximum Gasteiger partial charge on any atom is 0.149 e. The average Bonchev–Trinajstić information content (AvgIpc) is 3.67. The fraction of sp³-hybridized carbons (Fsp3) is 0.143. The standard InChI is InChI=1S/C56H49N3O/c1-35(2)47-19-13-20-48(36(3)4)53(47)41-23-25-46(26-24-41)59-52-22-14-21-49(54(52)58-56(59)50-30-37(5)29-38(6)55(50)60)44-31-43(40-17-11-8-12-18-40)32-45(33-44)51-34-42(27-28-57-51)39-15-9-7-10-16-39/h7-36,60H,1-6H3/i35D,36D. The number of hydrogen-bond acceptors (Lipinski definition) is 3. The molecule has 9 rings (SSSR count). The number of pyridine rings is 1. The maximum absolute atomic E-state index is 11.7. The van der Waals surface area contributed by atoms with Gasteiger partial charge in [0, 0.05) is 25.8 Å². The van der Waals surface area contributed by atoms with Crippen LogP contribution in [-0.2, 0) is 0 Å². The van der Waals surface area contributed by atoms with Crippen LogP contribution in [0.5, 0.6) is 5.75 Å². The Morgan fingerprint density at radius 1 is 0.533 bits per heavy atom. The van der Waals surface area contributed by atoms with Gasteiger partial charge in [0.05, 0.1) is 22.3 Å². The van der Waals surface area contributed by atoms with Crippen molar-refractivity contribution in [3.8, 4) is 78.6 Å². The van der Waals surface area contributed by atoms with Crippen molar-refractivity contribution in [2.45, 2.75) is 53.3 Å². The Hall–Kier alpha value is -7.04. The molecule has 0 atom stereocenters. The second-order valence-corrected chi connectivity index (χ2v) is 16.2. The summed E-state index contributed by atoms with van der Waals surface area (Å²) < 4.78 is 20.2. The van der Waals surface area contributed by atoms with Crippen molar-refractivity contribution in [2.75, 3.05) is 0 Å². The number of phenolic OH excluding ortho intramolecular Hbond substituents is 1. The molecule has 2 aromatic heterocycles. The van der Waals surface area contributed by atoms with E-state index in [1.54, 1.807) is 0 Å². The highest BCUT2D eigenvalue weighted by Crippen LogP contribution is 2.42. The van der Waals surface area contributed by atoms with Crippen LogP contribution in [0, 0.1) is 13.8 Å². The van der Waals surface area contributed by atoms with Crippen LogP contribution in [0.15, 0.2) is 170 Å². The molecule has 0 fully saturated rings. The number of fused-ring (bicyclic) bond motifs is 1. The highest BCUT2D eigenvalue weighted by Gasteiger charge is 2.23. The first kappa shape index (κ1) is 36.1. The lowest BCUT2D eigenvalue weighted by Gasteiger charge is -2.20. The molecule has 0 radical (unpaired) electrons. The van der Waals surface area contributed by atoms with E-state index in [4.69, 9.17) is 12.7 Å². The van der Waals surface area contributed by atoms with Gasteiger partial charge in [0.1, 0.15) is 11.6 Å². The molecule has 7 aromatic carbocycles. The number of aromatic hydroxyl groups is 1. The molecule has 0 aliphatic rings. The summed E-state index contributed by atoms with van der Waals surface area (Å²) in [6.07, 6.45) is 1.88. The number of para-hydroxylation sites is 1. The summed E-state index contributed by atoms with van der Waals surface area (Å²) in [4.78, 5) is 10.3. The van der Waals surface area contributed by atoms with E-state index in [1.807, 2.05) is 90.2 Å². The van der Waals surface area contributed by atoms with Crippen LogP contribution in [0.3, 0.4) is 0 Å². The molecule has 60 heavy (non-hydrogen) atoms. The number of hydrogen-bond donors (Lipinski definition) is 1. The zero-order valence-corrected chi connectivity index (χ0v) is 35.0. The van der Waals surface area contributed by atoms with Gasteiger partial charge in [-0.25, -0.2) is 4.98 Å². The van der Waals surface area contributed by atoms with Gasteiger partial charge in [-0.1, -0.05) is 137 Å².